The molecular formula is C39H62O6. The summed E-state index contributed by atoms with van der Waals surface area (Å²) in [5, 5.41) is 23.5. The van der Waals surface area contributed by atoms with Gasteiger partial charge in [-0.05, 0) is 107 Å². The number of rotatable bonds is 14. The third-order valence-corrected chi connectivity index (χ3v) is 11.6. The Balaban J connectivity index is 1.78. The predicted octanol–water partition coefficient (Wildman–Crippen LogP) is 8.72. The van der Waals surface area contributed by atoms with E-state index < -0.39 is 17.3 Å². The Morgan fingerprint density at radius 2 is 1.80 bits per heavy atom. The molecular weight excluding hydrogens is 564 g/mol. The molecule has 0 unspecified atom stereocenters. The van der Waals surface area contributed by atoms with E-state index >= 15 is 0 Å². The van der Waals surface area contributed by atoms with E-state index in [4.69, 9.17) is 9.47 Å². The summed E-state index contributed by atoms with van der Waals surface area (Å²) < 4.78 is 11.8. The standard InChI is InChI=1S/C39H62O6/c1-9-10-11-12-13-16-35(41)44-23-14-15-34-32(29(4)26-40)21-22-38(8,43)39(34)25-31(45-36(39)42)24-27(2)17-20-33-28(3)18-19-30(5)37(33,6)7/h17,20,24,26,30-31,34,36,42-43H,9-16,18-19,21-23,25H2,1-8H3/b20-17+,27-24+,32-29-/t30-,31-,34+,36+,38-,39-/m0/s1. The van der Waals surface area contributed by atoms with Gasteiger partial charge in [-0.25, -0.2) is 0 Å². The molecule has 0 aromatic carbocycles. The Morgan fingerprint density at radius 3 is 2.49 bits per heavy atom. The molecule has 1 heterocycles. The van der Waals surface area contributed by atoms with Crippen molar-refractivity contribution in [3.63, 3.8) is 0 Å². The van der Waals surface area contributed by atoms with Crippen molar-refractivity contribution >= 4 is 12.3 Å². The Bertz CT molecular complexity index is 1150. The van der Waals surface area contributed by atoms with Crippen LogP contribution in [0.3, 0.4) is 0 Å². The molecule has 0 amide bonds. The van der Waals surface area contributed by atoms with Crippen LogP contribution in [0.15, 0.2) is 46.1 Å². The van der Waals surface area contributed by atoms with Gasteiger partial charge in [-0.3, -0.25) is 9.59 Å². The molecule has 1 aliphatic heterocycles. The van der Waals surface area contributed by atoms with E-state index in [-0.39, 0.29) is 30.0 Å². The van der Waals surface area contributed by atoms with Crippen LogP contribution in [-0.4, -0.2) is 47.1 Å². The molecule has 0 radical (unpaired) electrons. The highest BCUT2D eigenvalue weighted by Gasteiger charge is 2.64. The third-order valence-electron chi connectivity index (χ3n) is 11.6. The fourth-order valence-electron chi connectivity index (χ4n) is 8.20. The van der Waals surface area contributed by atoms with Crippen LogP contribution in [0.2, 0.25) is 0 Å². The third kappa shape index (κ3) is 8.67. The number of hydrogen-bond donors (Lipinski definition) is 2. The summed E-state index contributed by atoms with van der Waals surface area (Å²) in [6, 6.07) is 0. The number of ether oxygens (including phenoxy) is 2. The molecule has 3 rings (SSSR count). The molecule has 6 heteroatoms. The maximum absolute atomic E-state index is 12.3. The largest absolute Gasteiger partial charge is 0.466 e. The van der Waals surface area contributed by atoms with Gasteiger partial charge in [-0.15, -0.1) is 0 Å². The lowest BCUT2D eigenvalue weighted by Crippen LogP contribution is -2.58. The first kappa shape index (κ1) is 37.4. The number of aldehydes is 1. The van der Waals surface area contributed by atoms with E-state index in [9.17, 15) is 19.8 Å². The summed E-state index contributed by atoms with van der Waals surface area (Å²) >= 11 is 0. The van der Waals surface area contributed by atoms with Crippen molar-refractivity contribution in [2.24, 2.45) is 22.7 Å². The zero-order chi connectivity index (χ0) is 33.4. The maximum atomic E-state index is 12.3. The lowest BCUT2D eigenvalue weighted by molar-refractivity contribution is -0.219. The minimum absolute atomic E-state index is 0.110. The summed E-state index contributed by atoms with van der Waals surface area (Å²) in [6.45, 7) is 17.4. The Labute approximate surface area is 273 Å². The first-order valence-electron chi connectivity index (χ1n) is 17.6. The summed E-state index contributed by atoms with van der Waals surface area (Å²) in [7, 11) is 0. The molecule has 3 aliphatic rings. The van der Waals surface area contributed by atoms with Crippen LogP contribution in [-0.2, 0) is 19.1 Å². The molecule has 0 aromatic rings. The second-order valence-corrected chi connectivity index (χ2v) is 15.1. The summed E-state index contributed by atoms with van der Waals surface area (Å²) in [5.41, 5.74) is 3.43. The van der Waals surface area contributed by atoms with Crippen molar-refractivity contribution in [3.05, 3.63) is 46.1 Å². The van der Waals surface area contributed by atoms with E-state index in [1.807, 2.05) is 6.92 Å². The van der Waals surface area contributed by atoms with Gasteiger partial charge in [-0.1, -0.05) is 88.3 Å². The van der Waals surface area contributed by atoms with Gasteiger partial charge >= 0.3 is 5.97 Å². The SMILES string of the molecule is CCCCCCCC(=O)OCCC[C@@H]1/C(=C(/C)C=O)CC[C@](C)(O)[C@@]12C[C@H](/C=C(C)/C=C/C1=C(C)CC[C@H](C)C1(C)C)O[C@H]2O. The Morgan fingerprint density at radius 1 is 1.09 bits per heavy atom. The second-order valence-electron chi connectivity index (χ2n) is 15.1. The van der Waals surface area contributed by atoms with Crippen LogP contribution < -0.4 is 0 Å². The van der Waals surface area contributed by atoms with Gasteiger partial charge in [0.2, 0.25) is 0 Å². The molecule has 2 aliphatic carbocycles. The molecule has 1 spiro atoms. The van der Waals surface area contributed by atoms with Gasteiger partial charge in [0.25, 0.3) is 0 Å². The highest BCUT2D eigenvalue weighted by atomic mass is 16.6. The molecule has 254 valence electrons. The van der Waals surface area contributed by atoms with Crippen LogP contribution in [0.5, 0.6) is 0 Å². The molecule has 2 N–H and O–H groups in total. The molecule has 45 heavy (non-hydrogen) atoms. The number of unbranched alkanes of at least 4 members (excludes halogenated alkanes) is 4. The van der Waals surface area contributed by atoms with Crippen LogP contribution in [0.1, 0.15) is 139 Å². The fraction of sp³-hybridized carbons (Fsp3) is 0.744. The van der Waals surface area contributed by atoms with Crippen LogP contribution in [0.25, 0.3) is 0 Å². The minimum atomic E-state index is -1.20. The van der Waals surface area contributed by atoms with Crippen LogP contribution in [0, 0.1) is 22.7 Å². The monoisotopic (exact) mass is 626 g/mol. The molecule has 2 fully saturated rings. The summed E-state index contributed by atoms with van der Waals surface area (Å²) in [6.07, 6.45) is 16.5. The van der Waals surface area contributed by atoms with E-state index in [0.717, 1.165) is 43.1 Å². The van der Waals surface area contributed by atoms with E-state index in [1.165, 1.54) is 30.4 Å². The normalized spacial score (nSPS) is 33.2. The zero-order valence-corrected chi connectivity index (χ0v) is 29.5. The van der Waals surface area contributed by atoms with Gasteiger partial charge in [0, 0.05) is 6.42 Å². The van der Waals surface area contributed by atoms with Gasteiger partial charge < -0.3 is 19.7 Å². The molecule has 0 bridgehead atoms. The second kappa shape index (κ2) is 16.2. The molecule has 0 aromatic heterocycles. The number of esters is 1. The summed E-state index contributed by atoms with van der Waals surface area (Å²) in [5.74, 6) is 0.160. The number of carbonyl (C=O) groups is 2. The lowest BCUT2D eigenvalue weighted by atomic mass is 9.53. The minimum Gasteiger partial charge on any atom is -0.466 e. The van der Waals surface area contributed by atoms with Gasteiger partial charge in [0.1, 0.15) is 6.29 Å². The average Bonchev–Trinajstić information content (AvgIpc) is 3.31. The zero-order valence-electron chi connectivity index (χ0n) is 29.5. The van der Waals surface area contributed by atoms with Crippen LogP contribution in [0.4, 0.5) is 0 Å². The van der Waals surface area contributed by atoms with Crippen molar-refractivity contribution in [1.29, 1.82) is 0 Å². The number of aliphatic hydroxyl groups is 2. The Kier molecular flexibility index (Phi) is 13.5. The molecule has 6 atom stereocenters. The molecule has 1 saturated carbocycles. The predicted molar refractivity (Wildman–Crippen MR) is 181 cm³/mol. The van der Waals surface area contributed by atoms with Crippen molar-refractivity contribution in [1.82, 2.24) is 0 Å². The highest BCUT2D eigenvalue weighted by molar-refractivity contribution is 5.74. The first-order valence-corrected chi connectivity index (χ1v) is 17.6. The van der Waals surface area contributed by atoms with Gasteiger partial charge in [-0.2, -0.15) is 0 Å². The molecule has 6 nitrogen and oxygen atoms in total. The number of hydrogen-bond acceptors (Lipinski definition) is 6. The Hall–Kier alpha value is -2.02. The quantitative estimate of drug-likeness (QED) is 0.0659. The fourth-order valence-corrected chi connectivity index (χ4v) is 8.20. The van der Waals surface area contributed by atoms with Crippen LogP contribution >= 0.6 is 0 Å². The number of allylic oxidation sites excluding steroid dienone is 7. The van der Waals surface area contributed by atoms with E-state index in [2.05, 4.69) is 59.8 Å². The van der Waals surface area contributed by atoms with E-state index in [0.29, 0.717) is 50.0 Å². The highest BCUT2D eigenvalue weighted by Crippen LogP contribution is 2.60. The van der Waals surface area contributed by atoms with Crippen molar-refractivity contribution in [2.45, 2.75) is 157 Å². The molecule has 1 saturated heterocycles. The van der Waals surface area contributed by atoms with Crippen molar-refractivity contribution in [3.8, 4) is 0 Å². The lowest BCUT2D eigenvalue weighted by Gasteiger charge is -2.54. The van der Waals surface area contributed by atoms with E-state index in [1.54, 1.807) is 6.92 Å². The average molecular weight is 627 g/mol. The number of carbonyl (C=O) groups excluding carboxylic acids is 2. The first-order chi connectivity index (χ1) is 21.2. The number of aliphatic hydroxyl groups excluding tert-OH is 1. The van der Waals surface area contributed by atoms with Crippen molar-refractivity contribution < 1.29 is 29.3 Å². The topological polar surface area (TPSA) is 93.1 Å². The van der Waals surface area contributed by atoms with Crippen molar-refractivity contribution in [2.75, 3.05) is 6.61 Å². The summed E-state index contributed by atoms with van der Waals surface area (Å²) in [4.78, 5) is 24.3. The maximum Gasteiger partial charge on any atom is 0.305 e. The van der Waals surface area contributed by atoms with Gasteiger partial charge in [0.15, 0.2) is 6.29 Å². The smallest absolute Gasteiger partial charge is 0.305 e. The van der Waals surface area contributed by atoms with Gasteiger partial charge in [0.05, 0.1) is 23.7 Å².